The number of rotatable bonds is 3. The van der Waals surface area contributed by atoms with Gasteiger partial charge in [-0.15, -0.1) is 0 Å². The number of hydrogen-bond acceptors (Lipinski definition) is 4. The second kappa shape index (κ2) is 4.63. The predicted molar refractivity (Wildman–Crippen MR) is 57.7 cm³/mol. The summed E-state index contributed by atoms with van der Waals surface area (Å²) in [4.78, 5) is 12.8. The van der Waals surface area contributed by atoms with Gasteiger partial charge in [0.2, 0.25) is 5.91 Å². The first-order chi connectivity index (χ1) is 7.66. The van der Waals surface area contributed by atoms with E-state index in [-0.39, 0.29) is 18.6 Å². The van der Waals surface area contributed by atoms with Crippen molar-refractivity contribution in [2.45, 2.75) is 13.0 Å². The molecule has 1 atom stereocenters. The molecule has 6 heteroatoms. The van der Waals surface area contributed by atoms with Crippen molar-refractivity contribution in [1.82, 2.24) is 15.1 Å². The van der Waals surface area contributed by atoms with Crippen LogP contribution in [0.5, 0.6) is 0 Å². The van der Waals surface area contributed by atoms with Gasteiger partial charge in [-0.05, 0) is 12.5 Å². The lowest BCUT2D eigenvalue weighted by molar-refractivity contribution is -0.121. The van der Waals surface area contributed by atoms with Gasteiger partial charge in [-0.2, -0.15) is 5.10 Å². The molecular weight excluding hydrogens is 208 g/mol. The normalized spacial score (nSPS) is 22.2. The minimum Gasteiger partial charge on any atom is -0.369 e. The SMILES string of the molecule is Cc1cn[nH]c1[C@H]1CN(CC(N)=O)CCO1. The maximum Gasteiger partial charge on any atom is 0.231 e. The number of morpholine rings is 1. The molecule has 1 amide bonds. The molecule has 1 saturated heterocycles. The number of nitrogens with zero attached hydrogens (tertiary/aromatic N) is 2. The molecule has 16 heavy (non-hydrogen) atoms. The van der Waals surface area contributed by atoms with Crippen LogP contribution in [0.15, 0.2) is 6.20 Å². The first kappa shape index (κ1) is 11.1. The summed E-state index contributed by atoms with van der Waals surface area (Å²) < 4.78 is 5.65. The minimum absolute atomic E-state index is 0.0457. The summed E-state index contributed by atoms with van der Waals surface area (Å²) in [5, 5.41) is 6.90. The van der Waals surface area contributed by atoms with Crippen LogP contribution < -0.4 is 5.73 Å². The number of nitrogens with one attached hydrogen (secondary N) is 1. The molecule has 1 aliphatic heterocycles. The number of ether oxygens (including phenoxy) is 1. The lowest BCUT2D eigenvalue weighted by atomic mass is 10.1. The zero-order valence-corrected chi connectivity index (χ0v) is 9.27. The molecule has 0 unspecified atom stereocenters. The van der Waals surface area contributed by atoms with E-state index in [1.807, 2.05) is 11.8 Å². The number of aromatic nitrogens is 2. The molecule has 0 spiro atoms. The Kier molecular flexibility index (Phi) is 3.21. The molecule has 2 rings (SSSR count). The fourth-order valence-electron chi connectivity index (χ4n) is 1.92. The quantitative estimate of drug-likeness (QED) is 0.730. The van der Waals surface area contributed by atoms with Crippen LogP contribution in [-0.4, -0.2) is 47.2 Å². The van der Waals surface area contributed by atoms with E-state index in [0.717, 1.165) is 17.8 Å². The van der Waals surface area contributed by atoms with Gasteiger partial charge in [0.25, 0.3) is 0 Å². The Morgan fingerprint density at radius 3 is 3.25 bits per heavy atom. The zero-order valence-electron chi connectivity index (χ0n) is 9.27. The van der Waals surface area contributed by atoms with Crippen molar-refractivity contribution >= 4 is 5.91 Å². The smallest absolute Gasteiger partial charge is 0.231 e. The number of primary amides is 1. The first-order valence-electron chi connectivity index (χ1n) is 5.29. The Hall–Kier alpha value is -1.40. The molecule has 0 aromatic carbocycles. The number of nitrogens with two attached hydrogens (primary N) is 1. The van der Waals surface area contributed by atoms with Crippen LogP contribution in [0.4, 0.5) is 0 Å². The molecule has 1 aromatic rings. The fourth-order valence-corrected chi connectivity index (χ4v) is 1.92. The van der Waals surface area contributed by atoms with Gasteiger partial charge in [0.15, 0.2) is 0 Å². The summed E-state index contributed by atoms with van der Waals surface area (Å²) in [6, 6.07) is 0. The van der Waals surface area contributed by atoms with Crippen LogP contribution in [0.2, 0.25) is 0 Å². The number of carbonyl (C=O) groups is 1. The van der Waals surface area contributed by atoms with E-state index in [1.165, 1.54) is 0 Å². The average molecular weight is 224 g/mol. The third-order valence-corrected chi connectivity index (χ3v) is 2.72. The van der Waals surface area contributed by atoms with Gasteiger partial charge in [0.05, 0.1) is 25.0 Å². The van der Waals surface area contributed by atoms with Crippen molar-refractivity contribution in [2.24, 2.45) is 5.73 Å². The van der Waals surface area contributed by atoms with Crippen LogP contribution in [0, 0.1) is 6.92 Å². The lowest BCUT2D eigenvalue weighted by Crippen LogP contribution is -2.43. The number of hydrogen-bond donors (Lipinski definition) is 2. The van der Waals surface area contributed by atoms with Gasteiger partial charge in [0, 0.05) is 13.1 Å². The molecule has 88 valence electrons. The minimum atomic E-state index is -0.304. The molecule has 3 N–H and O–H groups in total. The summed E-state index contributed by atoms with van der Waals surface area (Å²) in [6.45, 7) is 4.29. The Bertz CT molecular complexity index is 377. The van der Waals surface area contributed by atoms with Crippen molar-refractivity contribution in [3.8, 4) is 0 Å². The van der Waals surface area contributed by atoms with E-state index >= 15 is 0 Å². The molecular formula is C10H16N4O2. The predicted octanol–water partition coefficient (Wildman–Crippen LogP) is -0.423. The Morgan fingerprint density at radius 2 is 2.62 bits per heavy atom. The summed E-state index contributed by atoms with van der Waals surface area (Å²) in [5.41, 5.74) is 7.23. The summed E-state index contributed by atoms with van der Waals surface area (Å²) >= 11 is 0. The monoisotopic (exact) mass is 224 g/mol. The average Bonchev–Trinajstić information content (AvgIpc) is 2.64. The number of aryl methyl sites for hydroxylation is 1. The Labute approximate surface area is 93.8 Å². The molecule has 0 radical (unpaired) electrons. The largest absolute Gasteiger partial charge is 0.369 e. The zero-order chi connectivity index (χ0) is 11.5. The summed E-state index contributed by atoms with van der Waals surface area (Å²) in [7, 11) is 0. The molecule has 0 aliphatic carbocycles. The van der Waals surface area contributed by atoms with E-state index in [0.29, 0.717) is 13.2 Å². The van der Waals surface area contributed by atoms with E-state index in [9.17, 15) is 4.79 Å². The van der Waals surface area contributed by atoms with Crippen LogP contribution in [0.3, 0.4) is 0 Å². The van der Waals surface area contributed by atoms with Crippen molar-refractivity contribution in [3.05, 3.63) is 17.5 Å². The van der Waals surface area contributed by atoms with E-state index < -0.39 is 0 Å². The molecule has 0 saturated carbocycles. The Morgan fingerprint density at radius 1 is 1.81 bits per heavy atom. The third kappa shape index (κ3) is 2.40. The summed E-state index contributed by atoms with van der Waals surface area (Å²) in [5.74, 6) is -0.304. The van der Waals surface area contributed by atoms with Crippen LogP contribution >= 0.6 is 0 Å². The van der Waals surface area contributed by atoms with E-state index in [1.54, 1.807) is 6.20 Å². The van der Waals surface area contributed by atoms with Crippen LogP contribution in [0.25, 0.3) is 0 Å². The van der Waals surface area contributed by atoms with E-state index in [2.05, 4.69) is 10.2 Å². The van der Waals surface area contributed by atoms with Crippen molar-refractivity contribution < 1.29 is 9.53 Å². The van der Waals surface area contributed by atoms with Crippen LogP contribution in [-0.2, 0) is 9.53 Å². The lowest BCUT2D eigenvalue weighted by Gasteiger charge is -2.31. The third-order valence-electron chi connectivity index (χ3n) is 2.72. The van der Waals surface area contributed by atoms with Gasteiger partial charge in [-0.3, -0.25) is 14.8 Å². The highest BCUT2D eigenvalue weighted by atomic mass is 16.5. The van der Waals surface area contributed by atoms with E-state index in [4.69, 9.17) is 10.5 Å². The fraction of sp³-hybridized carbons (Fsp3) is 0.600. The van der Waals surface area contributed by atoms with Crippen molar-refractivity contribution in [3.63, 3.8) is 0 Å². The highest BCUT2D eigenvalue weighted by molar-refractivity contribution is 5.75. The molecule has 2 heterocycles. The van der Waals surface area contributed by atoms with Crippen LogP contribution in [0.1, 0.15) is 17.4 Å². The van der Waals surface area contributed by atoms with Gasteiger partial charge in [-0.25, -0.2) is 0 Å². The standard InChI is InChI=1S/C10H16N4O2/c1-7-4-12-13-10(7)8-5-14(2-3-16-8)6-9(11)15/h4,8H,2-3,5-6H2,1H3,(H2,11,15)(H,12,13)/t8-/m1/s1. The van der Waals surface area contributed by atoms with Crippen molar-refractivity contribution in [1.29, 1.82) is 0 Å². The first-order valence-corrected chi connectivity index (χ1v) is 5.29. The Balaban J connectivity index is 2.02. The van der Waals surface area contributed by atoms with Gasteiger partial charge >= 0.3 is 0 Å². The van der Waals surface area contributed by atoms with Crippen molar-refractivity contribution in [2.75, 3.05) is 26.2 Å². The highest BCUT2D eigenvalue weighted by Crippen LogP contribution is 2.22. The molecule has 1 aromatic heterocycles. The maximum atomic E-state index is 10.8. The number of aromatic amines is 1. The van der Waals surface area contributed by atoms with Gasteiger partial charge in [0.1, 0.15) is 6.10 Å². The van der Waals surface area contributed by atoms with Gasteiger partial charge < -0.3 is 10.5 Å². The topological polar surface area (TPSA) is 84.2 Å². The molecule has 0 bridgehead atoms. The molecule has 1 fully saturated rings. The number of amides is 1. The number of carbonyl (C=O) groups excluding carboxylic acids is 1. The molecule has 1 aliphatic rings. The second-order valence-electron chi connectivity index (χ2n) is 4.03. The highest BCUT2D eigenvalue weighted by Gasteiger charge is 2.24. The molecule has 6 nitrogen and oxygen atoms in total. The number of H-pyrrole nitrogens is 1. The second-order valence-corrected chi connectivity index (χ2v) is 4.03. The summed E-state index contributed by atoms with van der Waals surface area (Å²) in [6.07, 6.45) is 1.72. The maximum absolute atomic E-state index is 10.8. The van der Waals surface area contributed by atoms with Gasteiger partial charge in [-0.1, -0.05) is 0 Å².